The van der Waals surface area contributed by atoms with E-state index in [2.05, 4.69) is 41.5 Å². The van der Waals surface area contributed by atoms with E-state index in [9.17, 15) is 14.7 Å². The Hall–Kier alpha value is -1.70. The van der Waals surface area contributed by atoms with Gasteiger partial charge in [-0.15, -0.1) is 0 Å². The molecule has 33 heavy (non-hydrogen) atoms. The van der Waals surface area contributed by atoms with Crippen molar-refractivity contribution in [1.29, 1.82) is 0 Å². The third-order valence-corrected chi connectivity index (χ3v) is 12.7. The van der Waals surface area contributed by atoms with E-state index >= 15 is 0 Å². The third-order valence-electron chi connectivity index (χ3n) is 6.61. The predicted octanol–water partition coefficient (Wildman–Crippen LogP) is 5.74. The van der Waals surface area contributed by atoms with E-state index < -0.39 is 44.5 Å². The molecule has 0 aliphatic rings. The second-order valence-corrected chi connectivity index (χ2v) is 15.3. The molecule has 0 fully saturated rings. The van der Waals surface area contributed by atoms with Crippen LogP contribution in [0, 0.1) is 5.92 Å². The van der Waals surface area contributed by atoms with Gasteiger partial charge in [-0.1, -0.05) is 73.6 Å². The fourth-order valence-electron chi connectivity index (χ4n) is 4.89. The van der Waals surface area contributed by atoms with Crippen LogP contribution >= 0.6 is 0 Å². The summed E-state index contributed by atoms with van der Waals surface area (Å²) in [5.41, 5.74) is 1.53. The van der Waals surface area contributed by atoms with Crippen LogP contribution in [0.25, 0.3) is 0 Å². The van der Waals surface area contributed by atoms with E-state index in [0.29, 0.717) is 22.2 Å². The highest BCUT2D eigenvalue weighted by Crippen LogP contribution is 2.42. The van der Waals surface area contributed by atoms with Crippen LogP contribution in [-0.4, -0.2) is 50.3 Å². The topological polar surface area (TPSA) is 82.1 Å². The van der Waals surface area contributed by atoms with Crippen molar-refractivity contribution in [2.45, 2.75) is 104 Å². The van der Waals surface area contributed by atoms with Gasteiger partial charge in [0.1, 0.15) is 12.2 Å². The lowest BCUT2D eigenvalue weighted by Gasteiger charge is -2.43. The van der Waals surface area contributed by atoms with Crippen molar-refractivity contribution in [2.24, 2.45) is 5.92 Å². The van der Waals surface area contributed by atoms with E-state index in [1.54, 1.807) is 38.1 Å². The molecule has 1 aromatic carbocycles. The minimum atomic E-state index is -2.23. The Morgan fingerprint density at radius 2 is 1.39 bits per heavy atom. The van der Waals surface area contributed by atoms with Crippen molar-refractivity contribution in [1.82, 2.24) is 0 Å². The van der Waals surface area contributed by atoms with Crippen molar-refractivity contribution < 1.29 is 28.6 Å². The maximum atomic E-state index is 12.9. The number of carbonyl (C=O) groups is 2. The lowest BCUT2D eigenvalue weighted by atomic mass is 9.94. The Balaban J connectivity index is 3.27. The Labute approximate surface area is 201 Å². The molecule has 0 bridgehead atoms. The van der Waals surface area contributed by atoms with E-state index in [1.165, 1.54) is 0 Å². The van der Waals surface area contributed by atoms with Crippen molar-refractivity contribution in [3.63, 3.8) is 0 Å². The Morgan fingerprint density at radius 1 is 0.879 bits per heavy atom. The fourth-order valence-corrected chi connectivity index (χ4v) is 10.3. The van der Waals surface area contributed by atoms with Crippen LogP contribution in [0.3, 0.4) is 0 Å². The average Bonchev–Trinajstić information content (AvgIpc) is 2.75. The SMILES string of the molecule is CCC(=O)O[C@@H]([C@@H](C)[C@H](CO[Si](C(C)C)(C(C)C)C(C)C)OC(=O)c1ccccc1)[C@H](C)O. The van der Waals surface area contributed by atoms with Crippen LogP contribution in [0.4, 0.5) is 0 Å². The number of hydrogen-bond donors (Lipinski definition) is 1. The Kier molecular flexibility index (Phi) is 11.8. The van der Waals surface area contributed by atoms with Gasteiger partial charge in [-0.2, -0.15) is 0 Å². The monoisotopic (exact) mass is 480 g/mol. The first-order valence-corrected chi connectivity index (χ1v) is 14.3. The standard InChI is InChI=1S/C26H44O6Si/c1-10-24(28)32-25(21(9)27)20(8)23(31-26(29)22-14-12-11-13-15-22)16-30-33(17(2)3,18(4)5)19(6)7/h11-15,17-21,23,25,27H,10,16H2,1-9H3/t20-,21-,23-,25-/m0/s1. The van der Waals surface area contributed by atoms with Gasteiger partial charge >= 0.3 is 11.9 Å². The number of hydrogen-bond acceptors (Lipinski definition) is 6. The molecule has 0 aliphatic carbocycles. The molecule has 6 nitrogen and oxygen atoms in total. The summed E-state index contributed by atoms with van der Waals surface area (Å²) in [6, 6.07) is 8.79. The zero-order chi connectivity index (χ0) is 25.3. The molecular weight excluding hydrogens is 436 g/mol. The van der Waals surface area contributed by atoms with Gasteiger partial charge in [0.2, 0.25) is 8.32 Å². The maximum absolute atomic E-state index is 12.9. The molecule has 0 aromatic heterocycles. The number of esters is 2. The molecular formula is C26H44O6Si. The molecule has 0 unspecified atom stereocenters. The molecule has 0 saturated heterocycles. The quantitative estimate of drug-likeness (QED) is 0.286. The van der Waals surface area contributed by atoms with Crippen LogP contribution in [-0.2, 0) is 18.7 Å². The molecule has 1 aromatic rings. The minimum absolute atomic E-state index is 0.188. The molecule has 0 spiro atoms. The van der Waals surface area contributed by atoms with Gasteiger partial charge in [0.15, 0.2) is 0 Å². The zero-order valence-electron chi connectivity index (χ0n) is 21.8. The van der Waals surface area contributed by atoms with Gasteiger partial charge in [-0.05, 0) is 35.7 Å². The van der Waals surface area contributed by atoms with Crippen LogP contribution < -0.4 is 0 Å². The zero-order valence-corrected chi connectivity index (χ0v) is 22.8. The molecule has 4 atom stereocenters. The first-order chi connectivity index (χ1) is 15.4. The van der Waals surface area contributed by atoms with Gasteiger partial charge < -0.3 is 19.0 Å². The van der Waals surface area contributed by atoms with Crippen LogP contribution in [0.2, 0.25) is 16.6 Å². The van der Waals surface area contributed by atoms with Gasteiger partial charge in [0, 0.05) is 12.3 Å². The van der Waals surface area contributed by atoms with E-state index in [0.717, 1.165) is 0 Å². The van der Waals surface area contributed by atoms with Crippen LogP contribution in [0.5, 0.6) is 0 Å². The summed E-state index contributed by atoms with van der Waals surface area (Å²) in [6.45, 7) is 18.5. The van der Waals surface area contributed by atoms with Gasteiger partial charge in [0.05, 0.1) is 18.3 Å². The molecule has 0 amide bonds. The van der Waals surface area contributed by atoms with Crippen molar-refractivity contribution in [3.8, 4) is 0 Å². The lowest BCUT2D eigenvalue weighted by molar-refractivity contribution is -0.162. The summed E-state index contributed by atoms with van der Waals surface area (Å²) < 4.78 is 18.2. The highest BCUT2D eigenvalue weighted by Gasteiger charge is 2.46. The minimum Gasteiger partial charge on any atom is -0.459 e. The number of benzene rings is 1. The highest BCUT2D eigenvalue weighted by atomic mass is 28.4. The number of aliphatic hydroxyl groups excluding tert-OH is 1. The second kappa shape index (κ2) is 13.3. The van der Waals surface area contributed by atoms with Crippen LogP contribution in [0.15, 0.2) is 30.3 Å². The highest BCUT2D eigenvalue weighted by molar-refractivity contribution is 6.77. The number of carbonyl (C=O) groups excluding carboxylic acids is 2. The first kappa shape index (κ1) is 29.3. The lowest BCUT2D eigenvalue weighted by Crippen LogP contribution is -2.51. The normalized spacial score (nSPS) is 15.9. The number of ether oxygens (including phenoxy) is 2. The summed E-state index contributed by atoms with van der Waals surface area (Å²) in [4.78, 5) is 24.9. The largest absolute Gasteiger partial charge is 0.459 e. The number of rotatable bonds is 13. The summed E-state index contributed by atoms with van der Waals surface area (Å²) >= 11 is 0. The summed E-state index contributed by atoms with van der Waals surface area (Å²) in [5.74, 6) is -1.34. The first-order valence-electron chi connectivity index (χ1n) is 12.2. The molecule has 188 valence electrons. The average molecular weight is 481 g/mol. The van der Waals surface area contributed by atoms with Crippen molar-refractivity contribution in [3.05, 3.63) is 35.9 Å². The summed E-state index contributed by atoms with van der Waals surface area (Å²) in [5, 5.41) is 10.4. The smallest absolute Gasteiger partial charge is 0.338 e. The molecule has 0 saturated carbocycles. The molecule has 7 heteroatoms. The Morgan fingerprint density at radius 3 is 1.82 bits per heavy atom. The Bertz CT molecular complexity index is 710. The van der Waals surface area contributed by atoms with E-state index in [1.807, 2.05) is 13.0 Å². The molecule has 0 aliphatic heterocycles. The number of aliphatic hydroxyl groups is 1. The van der Waals surface area contributed by atoms with E-state index in [-0.39, 0.29) is 13.0 Å². The van der Waals surface area contributed by atoms with E-state index in [4.69, 9.17) is 13.9 Å². The maximum Gasteiger partial charge on any atom is 0.338 e. The second-order valence-electron chi connectivity index (χ2n) is 9.85. The summed E-state index contributed by atoms with van der Waals surface area (Å²) in [6.07, 6.45) is -2.23. The van der Waals surface area contributed by atoms with Gasteiger partial charge in [0.25, 0.3) is 0 Å². The van der Waals surface area contributed by atoms with Gasteiger partial charge in [-0.3, -0.25) is 4.79 Å². The fraction of sp³-hybridized carbons (Fsp3) is 0.692. The molecule has 1 rings (SSSR count). The molecule has 0 heterocycles. The molecule has 1 N–H and O–H groups in total. The van der Waals surface area contributed by atoms with Crippen molar-refractivity contribution in [2.75, 3.05) is 6.61 Å². The summed E-state index contributed by atoms with van der Waals surface area (Å²) in [7, 11) is -2.23. The third kappa shape index (κ3) is 7.65. The van der Waals surface area contributed by atoms with Crippen LogP contribution in [0.1, 0.15) is 79.1 Å². The van der Waals surface area contributed by atoms with Crippen molar-refractivity contribution >= 4 is 20.3 Å². The molecule has 0 radical (unpaired) electrons. The van der Waals surface area contributed by atoms with Gasteiger partial charge in [-0.25, -0.2) is 4.79 Å². The predicted molar refractivity (Wildman–Crippen MR) is 134 cm³/mol.